The predicted molar refractivity (Wildman–Crippen MR) is 122 cm³/mol. The summed E-state index contributed by atoms with van der Waals surface area (Å²) in [6, 6.07) is 5.59. The Balaban J connectivity index is 2.39. The van der Waals surface area contributed by atoms with Crippen LogP contribution in [-0.4, -0.2) is 29.0 Å². The zero-order chi connectivity index (χ0) is 21.9. The van der Waals surface area contributed by atoms with Gasteiger partial charge in [-0.2, -0.15) is 0 Å². The van der Waals surface area contributed by atoms with Gasteiger partial charge in [-0.25, -0.2) is 0 Å². The second-order valence-corrected chi connectivity index (χ2v) is 9.84. The second kappa shape index (κ2) is 13.1. The molecule has 4 nitrogen and oxygen atoms in total. The molecule has 29 heavy (non-hydrogen) atoms. The molecule has 1 aromatic rings. The van der Waals surface area contributed by atoms with Crippen LogP contribution in [0.3, 0.4) is 0 Å². The summed E-state index contributed by atoms with van der Waals surface area (Å²) in [7, 11) is 0. The minimum absolute atomic E-state index is 0.0196. The van der Waals surface area contributed by atoms with Gasteiger partial charge in [0.15, 0.2) is 11.5 Å². The zero-order valence-corrected chi connectivity index (χ0v) is 19.4. The Kier molecular flexibility index (Phi) is 11.7. The predicted octanol–water partition coefficient (Wildman–Crippen LogP) is 5.68. The Morgan fingerprint density at radius 1 is 1.00 bits per heavy atom. The van der Waals surface area contributed by atoms with Gasteiger partial charge >= 0.3 is 0 Å². The second-order valence-electron chi connectivity index (χ2n) is 9.84. The molecular formula is C25H45NO3. The van der Waals surface area contributed by atoms with Crippen molar-refractivity contribution >= 4 is 0 Å². The lowest BCUT2D eigenvalue weighted by Crippen LogP contribution is -2.45. The Labute approximate surface area is 178 Å². The molecule has 0 spiro atoms. The molecule has 0 bridgehead atoms. The number of aliphatic hydroxyl groups excluding tert-OH is 1. The van der Waals surface area contributed by atoms with Gasteiger partial charge in [0.1, 0.15) is 0 Å². The summed E-state index contributed by atoms with van der Waals surface area (Å²) >= 11 is 0. The van der Waals surface area contributed by atoms with E-state index < -0.39 is 5.54 Å². The maximum Gasteiger partial charge on any atom is 0.160 e. The lowest BCUT2D eigenvalue weighted by molar-refractivity contribution is 0.165. The van der Waals surface area contributed by atoms with E-state index in [1.807, 2.05) is 12.1 Å². The number of aromatic hydroxyl groups is 1. The van der Waals surface area contributed by atoms with E-state index in [0.717, 1.165) is 43.1 Å². The van der Waals surface area contributed by atoms with E-state index in [0.29, 0.717) is 24.7 Å². The molecule has 0 radical (unpaired) electrons. The fourth-order valence-electron chi connectivity index (χ4n) is 3.93. The minimum atomic E-state index is -0.565. The van der Waals surface area contributed by atoms with Gasteiger partial charge in [0.05, 0.1) is 13.2 Å². The van der Waals surface area contributed by atoms with Gasteiger partial charge in [0.25, 0.3) is 0 Å². The topological polar surface area (TPSA) is 75.7 Å². The highest BCUT2D eigenvalue weighted by molar-refractivity contribution is 5.41. The molecule has 1 rings (SSSR count). The fraction of sp³-hybridized carbons (Fsp3) is 0.760. The molecule has 4 N–H and O–H groups in total. The monoisotopic (exact) mass is 407 g/mol. The van der Waals surface area contributed by atoms with E-state index in [1.54, 1.807) is 6.07 Å². The number of ether oxygens (including phenoxy) is 1. The molecule has 0 heterocycles. The largest absolute Gasteiger partial charge is 0.504 e. The number of phenols is 1. The number of phenolic OH excluding ortho intramolecular Hbond substituents is 1. The average molecular weight is 408 g/mol. The van der Waals surface area contributed by atoms with Crippen molar-refractivity contribution in [1.82, 2.24) is 0 Å². The number of hydrogen-bond acceptors (Lipinski definition) is 4. The van der Waals surface area contributed by atoms with Crippen molar-refractivity contribution in [1.29, 1.82) is 0 Å². The molecule has 0 aliphatic carbocycles. The molecule has 0 fully saturated rings. The Hall–Kier alpha value is -1.26. The van der Waals surface area contributed by atoms with Crippen LogP contribution in [0, 0.1) is 17.8 Å². The van der Waals surface area contributed by atoms with Crippen LogP contribution in [0.25, 0.3) is 0 Å². The number of aryl methyl sites for hydroxylation is 1. The van der Waals surface area contributed by atoms with Gasteiger partial charge in [-0.1, -0.05) is 59.9 Å². The summed E-state index contributed by atoms with van der Waals surface area (Å²) in [5.74, 6) is 2.68. The van der Waals surface area contributed by atoms with Gasteiger partial charge < -0.3 is 20.7 Å². The van der Waals surface area contributed by atoms with E-state index in [9.17, 15) is 10.2 Å². The molecule has 0 aliphatic rings. The standard InChI is InChI=1S/C25H45NO3/c1-19(2)8-6-9-21(5)10-7-15-29-24-12-11-22(16-23(24)28)13-14-25(26,18-27)17-20(3)4/h11-12,16,19-21,27-28H,6-10,13-15,17-18,26H2,1-5H3. The molecule has 1 aromatic carbocycles. The lowest BCUT2D eigenvalue weighted by Gasteiger charge is -2.29. The van der Waals surface area contributed by atoms with Crippen LogP contribution < -0.4 is 10.5 Å². The summed E-state index contributed by atoms with van der Waals surface area (Å²) in [6.45, 7) is 11.7. The first-order valence-corrected chi connectivity index (χ1v) is 11.5. The van der Waals surface area contributed by atoms with Crippen molar-refractivity contribution in [2.75, 3.05) is 13.2 Å². The maximum absolute atomic E-state index is 10.3. The molecular weight excluding hydrogens is 362 g/mol. The summed E-state index contributed by atoms with van der Waals surface area (Å²) in [4.78, 5) is 0. The lowest BCUT2D eigenvalue weighted by atomic mass is 9.85. The fourth-order valence-corrected chi connectivity index (χ4v) is 3.93. The summed E-state index contributed by atoms with van der Waals surface area (Å²) in [6.07, 6.45) is 8.26. The van der Waals surface area contributed by atoms with Crippen LogP contribution in [0.5, 0.6) is 11.5 Å². The first-order valence-electron chi connectivity index (χ1n) is 11.5. The number of hydrogen-bond donors (Lipinski definition) is 3. The van der Waals surface area contributed by atoms with Crippen molar-refractivity contribution < 1.29 is 14.9 Å². The normalized spacial score (nSPS) is 14.9. The van der Waals surface area contributed by atoms with Gasteiger partial charge in [-0.15, -0.1) is 0 Å². The Bertz CT molecular complexity index is 573. The van der Waals surface area contributed by atoms with Crippen LogP contribution in [0.1, 0.15) is 85.1 Å². The zero-order valence-electron chi connectivity index (χ0n) is 19.4. The van der Waals surface area contributed by atoms with E-state index in [2.05, 4.69) is 34.6 Å². The van der Waals surface area contributed by atoms with Gasteiger partial charge in [-0.3, -0.25) is 0 Å². The molecule has 0 saturated carbocycles. The smallest absolute Gasteiger partial charge is 0.160 e. The summed E-state index contributed by atoms with van der Waals surface area (Å²) < 4.78 is 5.79. The maximum atomic E-state index is 10.3. The highest BCUT2D eigenvalue weighted by Gasteiger charge is 2.25. The third-order valence-electron chi connectivity index (χ3n) is 5.64. The quantitative estimate of drug-likeness (QED) is 0.327. The first kappa shape index (κ1) is 25.8. The molecule has 0 aromatic heterocycles. The molecule has 168 valence electrons. The Morgan fingerprint density at radius 3 is 2.28 bits per heavy atom. The van der Waals surface area contributed by atoms with Crippen molar-refractivity contribution in [3.05, 3.63) is 23.8 Å². The molecule has 0 amide bonds. The molecule has 2 atom stereocenters. The van der Waals surface area contributed by atoms with E-state index in [-0.39, 0.29) is 12.4 Å². The number of rotatable bonds is 15. The molecule has 0 aliphatic heterocycles. The van der Waals surface area contributed by atoms with Crippen LogP contribution in [0.4, 0.5) is 0 Å². The van der Waals surface area contributed by atoms with Gasteiger partial charge in [0.2, 0.25) is 0 Å². The van der Waals surface area contributed by atoms with Crippen molar-refractivity contribution in [2.24, 2.45) is 23.5 Å². The van der Waals surface area contributed by atoms with Crippen LogP contribution in [0.2, 0.25) is 0 Å². The van der Waals surface area contributed by atoms with E-state index >= 15 is 0 Å². The minimum Gasteiger partial charge on any atom is -0.504 e. The first-order chi connectivity index (χ1) is 13.6. The number of aliphatic hydroxyl groups is 1. The van der Waals surface area contributed by atoms with Crippen molar-refractivity contribution in [3.63, 3.8) is 0 Å². The SMILES string of the molecule is CC(C)CCCC(C)CCCOc1ccc(CCC(N)(CO)CC(C)C)cc1O. The molecule has 0 saturated heterocycles. The van der Waals surface area contributed by atoms with Crippen molar-refractivity contribution in [3.8, 4) is 11.5 Å². The average Bonchev–Trinajstić information content (AvgIpc) is 2.64. The number of nitrogens with two attached hydrogens (primary N) is 1. The van der Waals surface area contributed by atoms with Gasteiger partial charge in [-0.05, 0) is 67.6 Å². The number of benzene rings is 1. The third kappa shape index (κ3) is 10.9. The van der Waals surface area contributed by atoms with Crippen LogP contribution in [-0.2, 0) is 6.42 Å². The summed E-state index contributed by atoms with van der Waals surface area (Å²) in [5, 5.41) is 19.9. The highest BCUT2D eigenvalue weighted by atomic mass is 16.5. The van der Waals surface area contributed by atoms with Crippen molar-refractivity contribution in [2.45, 2.75) is 91.5 Å². The molecule has 2 unspecified atom stereocenters. The van der Waals surface area contributed by atoms with Crippen LogP contribution >= 0.6 is 0 Å². The summed E-state index contributed by atoms with van der Waals surface area (Å²) in [5.41, 5.74) is 6.78. The van der Waals surface area contributed by atoms with E-state index in [1.165, 1.54) is 19.3 Å². The highest BCUT2D eigenvalue weighted by Crippen LogP contribution is 2.29. The van der Waals surface area contributed by atoms with Crippen LogP contribution in [0.15, 0.2) is 18.2 Å². The van der Waals surface area contributed by atoms with Gasteiger partial charge in [0, 0.05) is 5.54 Å². The third-order valence-corrected chi connectivity index (χ3v) is 5.64. The van der Waals surface area contributed by atoms with E-state index in [4.69, 9.17) is 10.5 Å². The Morgan fingerprint density at radius 2 is 1.69 bits per heavy atom. The molecule has 4 heteroatoms.